The van der Waals surface area contributed by atoms with Crippen LogP contribution in [0.25, 0.3) is 0 Å². The van der Waals surface area contributed by atoms with Gasteiger partial charge in [-0.15, -0.1) is 0 Å². The van der Waals surface area contributed by atoms with Gasteiger partial charge in [-0.1, -0.05) is 60.2 Å². The van der Waals surface area contributed by atoms with E-state index in [1.54, 1.807) is 0 Å². The topological polar surface area (TPSA) is 66.4 Å². The Morgan fingerprint density at radius 1 is 1.04 bits per heavy atom. The molecule has 0 aliphatic carbocycles. The zero-order valence-corrected chi connectivity index (χ0v) is 14.8. The quantitative estimate of drug-likeness (QED) is 0.733. The highest BCUT2D eigenvalue weighted by molar-refractivity contribution is 7.88. The molecule has 0 saturated heterocycles. The van der Waals surface area contributed by atoms with Crippen molar-refractivity contribution in [2.45, 2.75) is 31.4 Å². The minimum atomic E-state index is -3.36. The molecule has 0 aliphatic heterocycles. The van der Waals surface area contributed by atoms with Crippen molar-refractivity contribution in [2.24, 2.45) is 0 Å². The molecule has 4 nitrogen and oxygen atoms in total. The number of benzene rings is 2. The van der Waals surface area contributed by atoms with Gasteiger partial charge in [-0.3, -0.25) is 0 Å². The van der Waals surface area contributed by atoms with Crippen molar-refractivity contribution >= 4 is 10.0 Å². The molecule has 0 saturated carbocycles. The predicted molar refractivity (Wildman–Crippen MR) is 97.3 cm³/mol. The number of aliphatic hydroxyl groups is 1. The molecule has 2 rings (SSSR count). The van der Waals surface area contributed by atoms with E-state index in [9.17, 15) is 13.5 Å². The van der Waals surface area contributed by atoms with Crippen molar-refractivity contribution < 1.29 is 13.5 Å². The molecule has 0 spiro atoms. The molecular formula is C19H25NO3S. The van der Waals surface area contributed by atoms with Crippen LogP contribution in [0.1, 0.15) is 35.4 Å². The van der Waals surface area contributed by atoms with Crippen LogP contribution >= 0.6 is 0 Å². The maximum absolute atomic E-state index is 12.2. The Hall–Kier alpha value is -1.69. The molecule has 1 unspecified atom stereocenters. The van der Waals surface area contributed by atoms with Gasteiger partial charge in [0.2, 0.25) is 10.0 Å². The Bertz CT molecular complexity index is 729. The van der Waals surface area contributed by atoms with Crippen molar-refractivity contribution in [3.8, 4) is 0 Å². The second-order valence-electron chi connectivity index (χ2n) is 6.05. The molecule has 0 amide bonds. The number of hydrogen-bond acceptors (Lipinski definition) is 3. The average Bonchev–Trinajstić information content (AvgIpc) is 2.54. The lowest BCUT2D eigenvalue weighted by atomic mass is 9.93. The number of rotatable bonds is 9. The fourth-order valence-electron chi connectivity index (χ4n) is 2.82. The molecule has 2 aromatic carbocycles. The molecule has 0 radical (unpaired) electrons. The second kappa shape index (κ2) is 8.97. The first-order chi connectivity index (χ1) is 11.5. The maximum Gasteiger partial charge on any atom is 0.215 e. The summed E-state index contributed by atoms with van der Waals surface area (Å²) in [5, 5.41) is 9.24. The third-order valence-electron chi connectivity index (χ3n) is 4.00. The molecule has 0 bridgehead atoms. The summed E-state index contributed by atoms with van der Waals surface area (Å²) in [6.07, 6.45) is 1.29. The van der Waals surface area contributed by atoms with Crippen LogP contribution in [0.2, 0.25) is 0 Å². The highest BCUT2D eigenvalue weighted by Crippen LogP contribution is 2.22. The number of aliphatic hydroxyl groups excluding tert-OH is 1. The van der Waals surface area contributed by atoms with Crippen LogP contribution in [-0.2, 0) is 15.8 Å². The molecule has 2 N–H and O–H groups in total. The zero-order valence-electron chi connectivity index (χ0n) is 14.0. The van der Waals surface area contributed by atoms with Crippen LogP contribution in [0.15, 0.2) is 54.6 Å². The SMILES string of the molecule is Cc1cccc(CS(=O)(=O)NCCC(CCO)c2ccccc2)c1. The van der Waals surface area contributed by atoms with E-state index in [1.165, 1.54) is 0 Å². The summed E-state index contributed by atoms with van der Waals surface area (Å²) < 4.78 is 27.1. The van der Waals surface area contributed by atoms with Gasteiger partial charge in [-0.2, -0.15) is 0 Å². The summed E-state index contributed by atoms with van der Waals surface area (Å²) in [5.74, 6) is 0.142. The van der Waals surface area contributed by atoms with Crippen molar-refractivity contribution in [2.75, 3.05) is 13.2 Å². The van der Waals surface area contributed by atoms with Gasteiger partial charge >= 0.3 is 0 Å². The van der Waals surface area contributed by atoms with Gasteiger partial charge < -0.3 is 5.11 Å². The van der Waals surface area contributed by atoms with Gasteiger partial charge in [0.1, 0.15) is 0 Å². The fourth-order valence-corrected chi connectivity index (χ4v) is 3.97. The molecule has 24 heavy (non-hydrogen) atoms. The van der Waals surface area contributed by atoms with Crippen LogP contribution < -0.4 is 4.72 Å². The fraction of sp³-hybridized carbons (Fsp3) is 0.368. The zero-order chi connectivity index (χ0) is 17.4. The highest BCUT2D eigenvalue weighted by atomic mass is 32.2. The lowest BCUT2D eigenvalue weighted by molar-refractivity contribution is 0.273. The molecular weight excluding hydrogens is 322 g/mol. The van der Waals surface area contributed by atoms with Crippen molar-refractivity contribution in [3.05, 3.63) is 71.3 Å². The molecule has 1 atom stereocenters. The normalized spacial score (nSPS) is 12.9. The van der Waals surface area contributed by atoms with Gasteiger partial charge in [0, 0.05) is 13.2 Å². The van der Waals surface area contributed by atoms with Crippen LogP contribution in [0, 0.1) is 6.92 Å². The minimum absolute atomic E-state index is 0.00924. The number of hydrogen-bond donors (Lipinski definition) is 2. The van der Waals surface area contributed by atoms with E-state index in [2.05, 4.69) is 4.72 Å². The monoisotopic (exact) mass is 347 g/mol. The van der Waals surface area contributed by atoms with Crippen molar-refractivity contribution in [1.29, 1.82) is 0 Å². The number of nitrogens with one attached hydrogen (secondary N) is 1. The van der Waals surface area contributed by atoms with Gasteiger partial charge in [-0.05, 0) is 36.8 Å². The average molecular weight is 347 g/mol. The Morgan fingerprint density at radius 2 is 1.79 bits per heavy atom. The van der Waals surface area contributed by atoms with E-state index in [4.69, 9.17) is 0 Å². The lowest BCUT2D eigenvalue weighted by Gasteiger charge is -2.16. The Morgan fingerprint density at radius 3 is 2.46 bits per heavy atom. The first kappa shape index (κ1) is 18.6. The molecule has 2 aromatic rings. The van der Waals surface area contributed by atoms with Gasteiger partial charge in [0.05, 0.1) is 5.75 Å². The molecule has 5 heteroatoms. The third kappa shape index (κ3) is 6.07. The number of sulfonamides is 1. The van der Waals surface area contributed by atoms with Crippen LogP contribution in [-0.4, -0.2) is 26.7 Å². The Balaban J connectivity index is 1.91. The van der Waals surface area contributed by atoms with E-state index in [0.717, 1.165) is 16.7 Å². The summed E-state index contributed by atoms with van der Waals surface area (Å²) in [4.78, 5) is 0. The smallest absolute Gasteiger partial charge is 0.215 e. The van der Waals surface area contributed by atoms with E-state index in [-0.39, 0.29) is 18.3 Å². The molecule has 0 aliphatic rings. The first-order valence-electron chi connectivity index (χ1n) is 8.19. The minimum Gasteiger partial charge on any atom is -0.396 e. The predicted octanol–water partition coefficient (Wildman–Crippen LogP) is 2.97. The van der Waals surface area contributed by atoms with Crippen LogP contribution in [0.4, 0.5) is 0 Å². The maximum atomic E-state index is 12.2. The van der Waals surface area contributed by atoms with Gasteiger partial charge in [-0.25, -0.2) is 13.1 Å². The van der Waals surface area contributed by atoms with Gasteiger partial charge in [0.25, 0.3) is 0 Å². The molecule has 0 fully saturated rings. The summed E-state index contributed by atoms with van der Waals surface area (Å²) >= 11 is 0. The van der Waals surface area contributed by atoms with Crippen molar-refractivity contribution in [3.63, 3.8) is 0 Å². The van der Waals surface area contributed by atoms with Crippen LogP contribution in [0.3, 0.4) is 0 Å². The summed E-state index contributed by atoms with van der Waals surface area (Å²) in [5.41, 5.74) is 2.97. The van der Waals surface area contributed by atoms with E-state index >= 15 is 0 Å². The standard InChI is InChI=1S/C19H25NO3S/c1-16-6-5-7-17(14-16)15-24(22,23)20-12-10-19(11-13-21)18-8-3-2-4-9-18/h2-9,14,19-21H,10-13,15H2,1H3. The van der Waals surface area contributed by atoms with E-state index in [0.29, 0.717) is 19.4 Å². The Labute approximate surface area is 144 Å². The largest absolute Gasteiger partial charge is 0.396 e. The van der Waals surface area contributed by atoms with Gasteiger partial charge in [0.15, 0.2) is 0 Å². The molecule has 130 valence electrons. The van der Waals surface area contributed by atoms with Crippen LogP contribution in [0.5, 0.6) is 0 Å². The number of aryl methyl sites for hydroxylation is 1. The van der Waals surface area contributed by atoms with Crippen molar-refractivity contribution in [1.82, 2.24) is 4.72 Å². The lowest BCUT2D eigenvalue weighted by Crippen LogP contribution is -2.27. The summed E-state index contributed by atoms with van der Waals surface area (Å²) in [6.45, 7) is 2.41. The summed E-state index contributed by atoms with van der Waals surface area (Å²) in [6, 6.07) is 17.4. The second-order valence-corrected chi connectivity index (χ2v) is 7.86. The third-order valence-corrected chi connectivity index (χ3v) is 5.36. The first-order valence-corrected chi connectivity index (χ1v) is 9.84. The highest BCUT2D eigenvalue weighted by Gasteiger charge is 2.14. The molecule has 0 aromatic heterocycles. The van der Waals surface area contributed by atoms with E-state index in [1.807, 2.05) is 61.5 Å². The molecule has 0 heterocycles. The summed E-state index contributed by atoms with van der Waals surface area (Å²) in [7, 11) is -3.36. The van der Waals surface area contributed by atoms with E-state index < -0.39 is 10.0 Å². The Kier molecular flexibility index (Phi) is 6.97.